The number of aryl methyl sites for hydroxylation is 2. The van der Waals surface area contributed by atoms with Gasteiger partial charge in [0.05, 0.1) is 0 Å². The summed E-state index contributed by atoms with van der Waals surface area (Å²) in [5.74, 6) is -0.651. The van der Waals surface area contributed by atoms with Crippen LogP contribution in [0.2, 0.25) is 0 Å². The maximum Gasteiger partial charge on any atom is 0.408 e. The van der Waals surface area contributed by atoms with Gasteiger partial charge < -0.3 is 20.3 Å². The van der Waals surface area contributed by atoms with Gasteiger partial charge in [-0.2, -0.15) is 0 Å². The van der Waals surface area contributed by atoms with Crippen molar-refractivity contribution in [2.24, 2.45) is 0 Å². The number of ether oxygens (including phenoxy) is 1. The van der Waals surface area contributed by atoms with E-state index in [1.165, 1.54) is 0 Å². The van der Waals surface area contributed by atoms with Gasteiger partial charge in [0.15, 0.2) is 0 Å². The molecule has 3 aromatic rings. The lowest BCUT2D eigenvalue weighted by Crippen LogP contribution is -2.53. The van der Waals surface area contributed by atoms with Gasteiger partial charge in [0, 0.05) is 18.7 Å². The number of alkyl carbamates (subject to hydrolysis) is 1. The summed E-state index contributed by atoms with van der Waals surface area (Å²) >= 11 is 0. The van der Waals surface area contributed by atoms with Gasteiger partial charge in [-0.3, -0.25) is 9.59 Å². The van der Waals surface area contributed by atoms with E-state index in [0.717, 1.165) is 34.2 Å². The van der Waals surface area contributed by atoms with E-state index in [2.05, 4.69) is 10.6 Å². The molecule has 0 aromatic heterocycles. The number of anilines is 1. The lowest BCUT2D eigenvalue weighted by molar-refractivity contribution is -0.140. The fourth-order valence-electron chi connectivity index (χ4n) is 4.83. The van der Waals surface area contributed by atoms with Crippen molar-refractivity contribution in [3.63, 3.8) is 0 Å². The molecule has 42 heavy (non-hydrogen) atoms. The van der Waals surface area contributed by atoms with Crippen LogP contribution in [0, 0.1) is 20.8 Å². The fraction of sp³-hybridized carbons (Fsp3) is 0.400. The van der Waals surface area contributed by atoms with Crippen molar-refractivity contribution >= 4 is 23.6 Å². The van der Waals surface area contributed by atoms with Crippen molar-refractivity contribution < 1.29 is 19.1 Å². The van der Waals surface area contributed by atoms with E-state index in [-0.39, 0.29) is 18.2 Å². The zero-order valence-electron chi connectivity index (χ0n) is 26.0. The summed E-state index contributed by atoms with van der Waals surface area (Å²) in [6, 6.07) is 21.1. The van der Waals surface area contributed by atoms with Crippen molar-refractivity contribution in [3.8, 4) is 0 Å². The maximum absolute atomic E-state index is 14.6. The normalized spacial score (nSPS) is 12.6. The third kappa shape index (κ3) is 8.93. The first-order valence-corrected chi connectivity index (χ1v) is 14.7. The van der Waals surface area contributed by atoms with Crippen LogP contribution in [0.1, 0.15) is 74.4 Å². The average Bonchev–Trinajstić information content (AvgIpc) is 2.93. The molecule has 2 N–H and O–H groups in total. The van der Waals surface area contributed by atoms with Crippen molar-refractivity contribution in [2.75, 3.05) is 11.9 Å². The molecule has 0 radical (unpaired) electrons. The van der Waals surface area contributed by atoms with Crippen LogP contribution in [0.3, 0.4) is 0 Å². The molecular weight excluding hydrogens is 526 g/mol. The Bertz CT molecular complexity index is 1360. The molecule has 3 amide bonds. The van der Waals surface area contributed by atoms with Crippen molar-refractivity contribution in [2.45, 2.75) is 85.4 Å². The van der Waals surface area contributed by atoms with E-state index in [9.17, 15) is 14.4 Å². The minimum Gasteiger partial charge on any atom is -0.444 e. The van der Waals surface area contributed by atoms with Crippen molar-refractivity contribution in [3.05, 3.63) is 101 Å². The fourth-order valence-corrected chi connectivity index (χ4v) is 4.83. The van der Waals surface area contributed by atoms with Crippen LogP contribution in [-0.2, 0) is 20.7 Å². The van der Waals surface area contributed by atoms with Gasteiger partial charge in [-0.15, -0.1) is 0 Å². The van der Waals surface area contributed by atoms with Crippen LogP contribution in [0.25, 0.3) is 0 Å². The first-order chi connectivity index (χ1) is 19.9. The number of benzene rings is 3. The molecule has 0 saturated carbocycles. The summed E-state index contributed by atoms with van der Waals surface area (Å²) in [6.07, 6.45) is 1.08. The number of unbranched alkanes of at least 4 members (excludes halogenated alkanes) is 1. The van der Waals surface area contributed by atoms with Crippen LogP contribution in [0.15, 0.2) is 72.8 Å². The molecule has 0 aliphatic heterocycles. The highest BCUT2D eigenvalue weighted by atomic mass is 16.6. The Hall–Kier alpha value is -4.13. The van der Waals surface area contributed by atoms with Gasteiger partial charge in [0.1, 0.15) is 17.7 Å². The topological polar surface area (TPSA) is 87.7 Å². The summed E-state index contributed by atoms with van der Waals surface area (Å²) in [4.78, 5) is 43.4. The molecule has 0 fully saturated rings. The second kappa shape index (κ2) is 14.7. The monoisotopic (exact) mass is 571 g/mol. The predicted molar refractivity (Wildman–Crippen MR) is 168 cm³/mol. The third-order valence-electron chi connectivity index (χ3n) is 7.21. The summed E-state index contributed by atoms with van der Waals surface area (Å²) in [5.41, 5.74) is 4.48. The lowest BCUT2D eigenvalue weighted by Gasteiger charge is -2.35. The second-order valence-corrected chi connectivity index (χ2v) is 11.8. The Balaban J connectivity index is 2.10. The van der Waals surface area contributed by atoms with E-state index in [1.807, 2.05) is 100 Å². The number of nitrogens with one attached hydrogen (secondary N) is 2. The minimum absolute atomic E-state index is 0.250. The van der Waals surface area contributed by atoms with E-state index in [0.29, 0.717) is 18.7 Å². The number of hydrogen-bond acceptors (Lipinski definition) is 4. The number of amides is 3. The van der Waals surface area contributed by atoms with Crippen LogP contribution in [-0.4, -0.2) is 41.0 Å². The van der Waals surface area contributed by atoms with E-state index in [1.54, 1.807) is 25.7 Å². The van der Waals surface area contributed by atoms with Crippen LogP contribution >= 0.6 is 0 Å². The maximum atomic E-state index is 14.6. The Labute approximate surface area is 250 Å². The molecule has 7 nitrogen and oxygen atoms in total. The number of hydrogen-bond donors (Lipinski definition) is 2. The SMILES string of the molecule is CCCCN(C(=O)C(Cc1ccccc1)NC(=O)OC(C)(C)C)C(C(=O)Nc1ccccc1C)c1cccc(C)c1C. The van der Waals surface area contributed by atoms with Gasteiger partial charge in [0.25, 0.3) is 5.91 Å². The highest BCUT2D eigenvalue weighted by Gasteiger charge is 2.37. The van der Waals surface area contributed by atoms with Crippen molar-refractivity contribution in [1.82, 2.24) is 10.2 Å². The van der Waals surface area contributed by atoms with E-state index in [4.69, 9.17) is 4.74 Å². The quantitative estimate of drug-likeness (QED) is 0.258. The smallest absolute Gasteiger partial charge is 0.408 e. The number of para-hydroxylation sites is 1. The predicted octanol–water partition coefficient (Wildman–Crippen LogP) is 7.06. The first-order valence-electron chi connectivity index (χ1n) is 14.7. The zero-order chi connectivity index (χ0) is 30.9. The third-order valence-corrected chi connectivity index (χ3v) is 7.21. The molecule has 2 atom stereocenters. The Morgan fingerprint density at radius 2 is 1.50 bits per heavy atom. The highest BCUT2D eigenvalue weighted by molar-refractivity contribution is 5.99. The number of nitrogens with zero attached hydrogens (tertiary/aromatic N) is 1. The van der Waals surface area contributed by atoms with Crippen molar-refractivity contribution in [1.29, 1.82) is 0 Å². The van der Waals surface area contributed by atoms with Gasteiger partial charge >= 0.3 is 6.09 Å². The second-order valence-electron chi connectivity index (χ2n) is 11.8. The molecule has 0 aliphatic rings. The van der Waals surface area contributed by atoms with Crippen LogP contribution in [0.5, 0.6) is 0 Å². The van der Waals surface area contributed by atoms with Gasteiger partial charge in [-0.05, 0) is 81.8 Å². The standard InChI is InChI=1S/C35H45N3O4/c1-8-9-22-38(33(40)30(23-27-18-11-10-12-19-27)37-34(41)42-35(5,6)7)31(28-20-15-17-24(2)26(28)4)32(39)36-29-21-14-13-16-25(29)3/h10-21,30-31H,8-9,22-23H2,1-7H3,(H,36,39)(H,37,41). The molecule has 3 rings (SSSR count). The molecule has 0 spiro atoms. The van der Waals surface area contributed by atoms with Gasteiger partial charge in [-0.1, -0.05) is 80.1 Å². The Morgan fingerprint density at radius 3 is 2.14 bits per heavy atom. The highest BCUT2D eigenvalue weighted by Crippen LogP contribution is 2.30. The summed E-state index contributed by atoms with van der Waals surface area (Å²) in [6.45, 7) is 13.6. The molecule has 0 aliphatic carbocycles. The molecule has 0 heterocycles. The molecule has 0 saturated heterocycles. The molecule has 2 unspecified atom stereocenters. The summed E-state index contributed by atoms with van der Waals surface area (Å²) in [5, 5.41) is 5.91. The van der Waals surface area contributed by atoms with Gasteiger partial charge in [0.2, 0.25) is 5.91 Å². The minimum atomic E-state index is -0.946. The largest absolute Gasteiger partial charge is 0.444 e. The Kier molecular flexibility index (Phi) is 11.3. The Morgan fingerprint density at radius 1 is 0.857 bits per heavy atom. The summed E-state index contributed by atoms with van der Waals surface area (Å²) in [7, 11) is 0. The van der Waals surface area contributed by atoms with Crippen LogP contribution < -0.4 is 10.6 Å². The first kappa shape index (κ1) is 32.4. The average molecular weight is 572 g/mol. The number of carbonyl (C=O) groups is 3. The number of rotatable bonds is 11. The van der Waals surface area contributed by atoms with E-state index >= 15 is 0 Å². The molecule has 3 aromatic carbocycles. The van der Waals surface area contributed by atoms with Crippen LogP contribution in [0.4, 0.5) is 10.5 Å². The van der Waals surface area contributed by atoms with E-state index < -0.39 is 23.8 Å². The molecule has 0 bridgehead atoms. The molecule has 7 heteroatoms. The number of carbonyl (C=O) groups excluding carboxylic acids is 3. The summed E-state index contributed by atoms with van der Waals surface area (Å²) < 4.78 is 5.54. The molecular formula is C35H45N3O4. The lowest BCUT2D eigenvalue weighted by atomic mass is 9.94. The molecule has 224 valence electrons. The zero-order valence-corrected chi connectivity index (χ0v) is 26.0. The van der Waals surface area contributed by atoms with Gasteiger partial charge in [-0.25, -0.2) is 4.79 Å².